The third kappa shape index (κ3) is 5.78. The standard InChI is InChI=1S/C29H28N2O3S/c1-22-13-17-25(18-14-22)29(24-9-5-3-6-10-24)30-28(32)21-31(26-11-7-4-8-12-26)35(33,34)27-19-15-23(2)16-20-27/h3-20,29H,21H2,1-2H3,(H,30,32). The number of sulfonamides is 1. The molecule has 35 heavy (non-hydrogen) atoms. The number of aryl methyl sites for hydroxylation is 2. The fourth-order valence-electron chi connectivity index (χ4n) is 3.85. The molecule has 4 aromatic carbocycles. The highest BCUT2D eigenvalue weighted by molar-refractivity contribution is 7.92. The maximum atomic E-state index is 13.6. The van der Waals surface area contributed by atoms with Crippen LogP contribution < -0.4 is 9.62 Å². The highest BCUT2D eigenvalue weighted by atomic mass is 32.2. The van der Waals surface area contributed by atoms with Gasteiger partial charge in [0.05, 0.1) is 16.6 Å². The van der Waals surface area contributed by atoms with Crippen LogP contribution in [0.1, 0.15) is 28.3 Å². The summed E-state index contributed by atoms with van der Waals surface area (Å²) < 4.78 is 28.3. The first-order chi connectivity index (χ1) is 16.8. The molecular weight excluding hydrogens is 456 g/mol. The van der Waals surface area contributed by atoms with Crippen LogP contribution in [0.15, 0.2) is 114 Å². The highest BCUT2D eigenvalue weighted by Gasteiger charge is 2.28. The van der Waals surface area contributed by atoms with Gasteiger partial charge in [-0.05, 0) is 49.2 Å². The van der Waals surface area contributed by atoms with E-state index < -0.39 is 22.0 Å². The Labute approximate surface area is 207 Å². The molecule has 5 nitrogen and oxygen atoms in total. The minimum atomic E-state index is -3.96. The van der Waals surface area contributed by atoms with E-state index in [0.29, 0.717) is 5.69 Å². The van der Waals surface area contributed by atoms with Crippen LogP contribution in [-0.4, -0.2) is 20.9 Å². The normalized spacial score (nSPS) is 12.1. The number of anilines is 1. The van der Waals surface area contributed by atoms with E-state index in [2.05, 4.69) is 5.32 Å². The molecular formula is C29H28N2O3S. The molecule has 0 radical (unpaired) electrons. The number of carbonyl (C=O) groups is 1. The summed E-state index contributed by atoms with van der Waals surface area (Å²) in [5.74, 6) is -0.404. The van der Waals surface area contributed by atoms with Crippen LogP contribution in [0.5, 0.6) is 0 Å². The minimum Gasteiger partial charge on any atom is -0.344 e. The lowest BCUT2D eigenvalue weighted by atomic mass is 9.98. The zero-order chi connectivity index (χ0) is 24.8. The first-order valence-electron chi connectivity index (χ1n) is 11.4. The molecule has 1 amide bonds. The summed E-state index contributed by atoms with van der Waals surface area (Å²) in [6.07, 6.45) is 0. The van der Waals surface area contributed by atoms with Gasteiger partial charge in [-0.2, -0.15) is 0 Å². The van der Waals surface area contributed by atoms with Gasteiger partial charge in [0.15, 0.2) is 0 Å². The summed E-state index contributed by atoms with van der Waals surface area (Å²) in [5, 5.41) is 3.06. The van der Waals surface area contributed by atoms with Crippen molar-refractivity contribution in [2.45, 2.75) is 24.8 Å². The van der Waals surface area contributed by atoms with Crippen LogP contribution >= 0.6 is 0 Å². The third-order valence-corrected chi connectivity index (χ3v) is 7.58. The molecule has 0 fully saturated rings. The SMILES string of the molecule is Cc1ccc(C(NC(=O)CN(c2ccccc2)S(=O)(=O)c2ccc(C)cc2)c2ccccc2)cc1. The second-order valence-electron chi connectivity index (χ2n) is 8.48. The maximum absolute atomic E-state index is 13.6. The van der Waals surface area contributed by atoms with Crippen molar-refractivity contribution in [2.75, 3.05) is 10.8 Å². The largest absolute Gasteiger partial charge is 0.344 e. The Bertz CT molecular complexity index is 1370. The monoisotopic (exact) mass is 484 g/mol. The second-order valence-corrected chi connectivity index (χ2v) is 10.3. The van der Waals surface area contributed by atoms with E-state index in [1.165, 1.54) is 0 Å². The minimum absolute atomic E-state index is 0.137. The van der Waals surface area contributed by atoms with Gasteiger partial charge in [-0.1, -0.05) is 96.1 Å². The topological polar surface area (TPSA) is 66.5 Å². The van der Waals surface area contributed by atoms with E-state index in [4.69, 9.17) is 0 Å². The van der Waals surface area contributed by atoms with Crippen molar-refractivity contribution >= 4 is 21.6 Å². The zero-order valence-corrected chi connectivity index (χ0v) is 20.6. The van der Waals surface area contributed by atoms with Gasteiger partial charge in [0, 0.05) is 0 Å². The smallest absolute Gasteiger partial charge is 0.264 e. The zero-order valence-electron chi connectivity index (χ0n) is 19.8. The maximum Gasteiger partial charge on any atom is 0.264 e. The first kappa shape index (κ1) is 24.2. The molecule has 1 N–H and O–H groups in total. The quantitative estimate of drug-likeness (QED) is 0.364. The van der Waals surface area contributed by atoms with Crippen LogP contribution in [0.2, 0.25) is 0 Å². The van der Waals surface area contributed by atoms with Crippen LogP contribution in [0.25, 0.3) is 0 Å². The number of amides is 1. The van der Waals surface area contributed by atoms with Crippen LogP contribution in [0.4, 0.5) is 5.69 Å². The van der Waals surface area contributed by atoms with Gasteiger partial charge in [-0.15, -0.1) is 0 Å². The molecule has 0 aliphatic heterocycles. The van der Waals surface area contributed by atoms with Crippen molar-refractivity contribution in [3.05, 3.63) is 131 Å². The molecule has 0 aromatic heterocycles. The van der Waals surface area contributed by atoms with Crippen molar-refractivity contribution in [1.82, 2.24) is 5.32 Å². The fourth-order valence-corrected chi connectivity index (χ4v) is 5.27. The predicted molar refractivity (Wildman–Crippen MR) is 140 cm³/mol. The molecule has 0 bridgehead atoms. The molecule has 4 aromatic rings. The van der Waals surface area contributed by atoms with E-state index in [0.717, 1.165) is 26.6 Å². The lowest BCUT2D eigenvalue weighted by molar-refractivity contribution is -0.120. The van der Waals surface area contributed by atoms with Crippen molar-refractivity contribution < 1.29 is 13.2 Å². The number of nitrogens with one attached hydrogen (secondary N) is 1. The van der Waals surface area contributed by atoms with E-state index in [1.54, 1.807) is 48.5 Å². The number of benzene rings is 4. The van der Waals surface area contributed by atoms with Crippen molar-refractivity contribution in [3.8, 4) is 0 Å². The molecule has 0 aliphatic carbocycles. The molecule has 1 atom stereocenters. The van der Waals surface area contributed by atoms with Crippen LogP contribution in [0, 0.1) is 13.8 Å². The average molecular weight is 485 g/mol. The third-order valence-electron chi connectivity index (χ3n) is 5.79. The fraction of sp³-hybridized carbons (Fsp3) is 0.138. The Balaban J connectivity index is 1.66. The first-order valence-corrected chi connectivity index (χ1v) is 12.8. The number of nitrogens with zero attached hydrogens (tertiary/aromatic N) is 1. The molecule has 6 heteroatoms. The Morgan fingerprint density at radius 2 is 1.20 bits per heavy atom. The molecule has 1 unspecified atom stereocenters. The summed E-state index contributed by atoms with van der Waals surface area (Å²) in [6.45, 7) is 3.55. The van der Waals surface area contributed by atoms with E-state index in [-0.39, 0.29) is 11.4 Å². The number of carbonyl (C=O) groups excluding carboxylic acids is 1. The van der Waals surface area contributed by atoms with E-state index in [1.807, 2.05) is 74.5 Å². The predicted octanol–water partition coefficient (Wildman–Crippen LogP) is 5.40. The number of para-hydroxylation sites is 1. The summed E-state index contributed by atoms with van der Waals surface area (Å²) >= 11 is 0. The second kappa shape index (κ2) is 10.6. The summed E-state index contributed by atoms with van der Waals surface area (Å²) in [5.41, 5.74) is 4.33. The van der Waals surface area contributed by atoms with Crippen molar-refractivity contribution in [1.29, 1.82) is 0 Å². The van der Waals surface area contributed by atoms with Gasteiger partial charge in [0.25, 0.3) is 10.0 Å². The summed E-state index contributed by atoms with van der Waals surface area (Å²) in [7, 11) is -3.96. The molecule has 0 heterocycles. The Morgan fingerprint density at radius 3 is 1.77 bits per heavy atom. The molecule has 178 valence electrons. The van der Waals surface area contributed by atoms with E-state index >= 15 is 0 Å². The van der Waals surface area contributed by atoms with Gasteiger partial charge in [-0.3, -0.25) is 9.10 Å². The van der Waals surface area contributed by atoms with Crippen molar-refractivity contribution in [3.63, 3.8) is 0 Å². The lowest BCUT2D eigenvalue weighted by Crippen LogP contribution is -2.42. The number of hydrogen-bond acceptors (Lipinski definition) is 3. The van der Waals surface area contributed by atoms with Gasteiger partial charge in [0.1, 0.15) is 6.54 Å². The molecule has 0 saturated heterocycles. The number of rotatable bonds is 8. The van der Waals surface area contributed by atoms with Crippen LogP contribution in [0.3, 0.4) is 0 Å². The Hall–Kier alpha value is -3.90. The highest BCUT2D eigenvalue weighted by Crippen LogP contribution is 2.25. The molecule has 0 aliphatic rings. The van der Waals surface area contributed by atoms with Crippen molar-refractivity contribution in [2.24, 2.45) is 0 Å². The molecule has 0 spiro atoms. The van der Waals surface area contributed by atoms with Crippen LogP contribution in [-0.2, 0) is 14.8 Å². The van der Waals surface area contributed by atoms with Gasteiger partial charge < -0.3 is 5.32 Å². The Morgan fingerprint density at radius 1 is 0.714 bits per heavy atom. The lowest BCUT2D eigenvalue weighted by Gasteiger charge is -2.26. The van der Waals surface area contributed by atoms with Gasteiger partial charge >= 0.3 is 0 Å². The number of hydrogen-bond donors (Lipinski definition) is 1. The molecule has 0 saturated carbocycles. The summed E-state index contributed by atoms with van der Waals surface area (Å²) in [4.78, 5) is 13.5. The summed E-state index contributed by atoms with van der Waals surface area (Å²) in [6, 6.07) is 32.5. The van der Waals surface area contributed by atoms with E-state index in [9.17, 15) is 13.2 Å². The molecule has 4 rings (SSSR count). The van der Waals surface area contributed by atoms with Gasteiger partial charge in [-0.25, -0.2) is 8.42 Å². The average Bonchev–Trinajstić information content (AvgIpc) is 2.88. The van der Waals surface area contributed by atoms with Gasteiger partial charge in [0.2, 0.25) is 5.91 Å². The Kier molecular flexibility index (Phi) is 7.32.